The molecule has 0 unspecified atom stereocenters. The number of urea groups is 2. The van der Waals surface area contributed by atoms with Gasteiger partial charge in [0.05, 0.1) is 11.4 Å². The van der Waals surface area contributed by atoms with Crippen molar-refractivity contribution < 1.29 is 14.0 Å². The molecule has 0 aliphatic carbocycles. The Kier molecular flexibility index (Phi) is 6.95. The first-order chi connectivity index (χ1) is 14.4. The predicted octanol–water partition coefficient (Wildman–Crippen LogP) is 4.93. The van der Waals surface area contributed by atoms with Gasteiger partial charge in [0, 0.05) is 31.2 Å². The molecule has 6 nitrogen and oxygen atoms in total. The molecule has 0 aromatic heterocycles. The molecule has 1 saturated heterocycles. The largest absolute Gasteiger partial charge is 0.334 e. The molecular weight excluding hydrogens is 407 g/mol. The molecule has 4 amide bonds. The van der Waals surface area contributed by atoms with Gasteiger partial charge >= 0.3 is 12.1 Å². The van der Waals surface area contributed by atoms with Crippen molar-refractivity contribution in [1.29, 1.82) is 0 Å². The summed E-state index contributed by atoms with van der Waals surface area (Å²) in [6, 6.07) is 9.04. The lowest BCUT2D eigenvalue weighted by molar-refractivity contribution is 0.192. The smallest absolute Gasteiger partial charge is 0.324 e. The Labute approximate surface area is 180 Å². The van der Waals surface area contributed by atoms with Crippen molar-refractivity contribution in [1.82, 2.24) is 10.2 Å². The van der Waals surface area contributed by atoms with Crippen molar-refractivity contribution in [2.24, 2.45) is 0 Å². The van der Waals surface area contributed by atoms with Gasteiger partial charge in [0.2, 0.25) is 0 Å². The predicted molar refractivity (Wildman–Crippen MR) is 118 cm³/mol. The normalized spacial score (nSPS) is 13.9. The maximum atomic E-state index is 13.6. The number of halogens is 2. The maximum absolute atomic E-state index is 13.6. The summed E-state index contributed by atoms with van der Waals surface area (Å²) in [4.78, 5) is 28.6. The van der Waals surface area contributed by atoms with Crippen LogP contribution in [0.1, 0.15) is 17.5 Å². The minimum atomic E-state index is -0.397. The van der Waals surface area contributed by atoms with Crippen LogP contribution in [0.15, 0.2) is 49.1 Å². The summed E-state index contributed by atoms with van der Waals surface area (Å²) in [6.07, 6.45) is 2.31. The number of nitrogens with zero attached hydrogens (tertiary/aromatic N) is 2. The molecule has 8 heteroatoms. The Balaban J connectivity index is 1.83. The first kappa shape index (κ1) is 21.6. The van der Waals surface area contributed by atoms with Gasteiger partial charge in [-0.2, -0.15) is 0 Å². The quantitative estimate of drug-likeness (QED) is 0.638. The van der Waals surface area contributed by atoms with E-state index in [2.05, 4.69) is 17.2 Å². The van der Waals surface area contributed by atoms with Crippen molar-refractivity contribution in [2.45, 2.75) is 19.9 Å². The Hall–Kier alpha value is -3.06. The van der Waals surface area contributed by atoms with Crippen molar-refractivity contribution in [3.8, 4) is 0 Å². The van der Waals surface area contributed by atoms with E-state index in [9.17, 15) is 14.0 Å². The lowest BCUT2D eigenvalue weighted by Crippen LogP contribution is -2.49. The lowest BCUT2D eigenvalue weighted by Gasteiger charge is -2.36. The van der Waals surface area contributed by atoms with Crippen LogP contribution in [-0.4, -0.2) is 36.6 Å². The number of hydrogen-bond donors (Lipinski definition) is 2. The molecule has 30 heavy (non-hydrogen) atoms. The van der Waals surface area contributed by atoms with E-state index in [1.807, 2.05) is 25.1 Å². The standard InChI is InChI=1S/C22H24ClFN4O2/c1-3-9-25-21(29)26-19-12-15(2)5-8-20(19)28-11-4-10-27(22(28)30)14-16-13-17(24)6-7-18(16)23/h3,5-8,12-13H,1,4,9-11,14H2,2H3,(H2,25,26,29). The summed E-state index contributed by atoms with van der Waals surface area (Å²) < 4.78 is 13.6. The second-order valence-corrected chi connectivity index (χ2v) is 7.50. The van der Waals surface area contributed by atoms with E-state index >= 15 is 0 Å². The molecule has 1 heterocycles. The highest BCUT2D eigenvalue weighted by molar-refractivity contribution is 6.31. The first-order valence-corrected chi connectivity index (χ1v) is 10.0. The van der Waals surface area contributed by atoms with E-state index in [0.717, 1.165) is 12.0 Å². The second kappa shape index (κ2) is 9.63. The first-order valence-electron chi connectivity index (χ1n) is 9.66. The average Bonchev–Trinajstić information content (AvgIpc) is 2.71. The van der Waals surface area contributed by atoms with Gasteiger partial charge in [0.1, 0.15) is 5.82 Å². The second-order valence-electron chi connectivity index (χ2n) is 7.09. The highest BCUT2D eigenvalue weighted by atomic mass is 35.5. The minimum Gasteiger partial charge on any atom is -0.334 e. The molecule has 2 aromatic rings. The lowest BCUT2D eigenvalue weighted by atomic mass is 10.1. The minimum absolute atomic E-state index is 0.209. The molecule has 0 bridgehead atoms. The molecule has 3 rings (SSSR count). The van der Waals surface area contributed by atoms with Crippen LogP contribution in [0.4, 0.5) is 25.4 Å². The van der Waals surface area contributed by atoms with Crippen LogP contribution < -0.4 is 15.5 Å². The number of nitrogens with one attached hydrogen (secondary N) is 2. The van der Waals surface area contributed by atoms with Crippen molar-refractivity contribution in [3.63, 3.8) is 0 Å². The Morgan fingerprint density at radius 1 is 1.27 bits per heavy atom. The van der Waals surface area contributed by atoms with Gasteiger partial charge in [-0.3, -0.25) is 4.90 Å². The molecular formula is C22H24ClFN4O2. The number of anilines is 2. The van der Waals surface area contributed by atoms with Crippen LogP contribution >= 0.6 is 11.6 Å². The molecule has 158 valence electrons. The Morgan fingerprint density at radius 2 is 2.07 bits per heavy atom. The number of benzene rings is 2. The fourth-order valence-electron chi connectivity index (χ4n) is 3.34. The van der Waals surface area contributed by atoms with Gasteiger partial charge in [0.25, 0.3) is 0 Å². The highest BCUT2D eigenvalue weighted by Crippen LogP contribution is 2.31. The number of carbonyl (C=O) groups excluding carboxylic acids is 2. The zero-order chi connectivity index (χ0) is 21.7. The molecule has 0 spiro atoms. The molecule has 0 saturated carbocycles. The molecule has 2 aromatic carbocycles. The fraction of sp³-hybridized carbons (Fsp3) is 0.273. The van der Waals surface area contributed by atoms with E-state index in [1.165, 1.54) is 18.2 Å². The Bertz CT molecular complexity index is 966. The summed E-state index contributed by atoms with van der Waals surface area (Å²) in [6.45, 7) is 7.08. The summed E-state index contributed by atoms with van der Waals surface area (Å²) in [7, 11) is 0. The number of rotatable bonds is 6. The maximum Gasteiger partial charge on any atom is 0.324 e. The zero-order valence-corrected chi connectivity index (χ0v) is 17.5. The van der Waals surface area contributed by atoms with E-state index in [-0.39, 0.29) is 18.6 Å². The van der Waals surface area contributed by atoms with Crippen LogP contribution in [0.25, 0.3) is 0 Å². The van der Waals surface area contributed by atoms with Gasteiger partial charge < -0.3 is 15.5 Å². The summed E-state index contributed by atoms with van der Waals surface area (Å²) in [5.74, 6) is -0.397. The van der Waals surface area contributed by atoms with Crippen molar-refractivity contribution >= 4 is 35.0 Å². The molecule has 0 atom stereocenters. The fourth-order valence-corrected chi connectivity index (χ4v) is 3.52. The van der Waals surface area contributed by atoms with Gasteiger partial charge in [-0.15, -0.1) is 6.58 Å². The van der Waals surface area contributed by atoms with Crippen LogP contribution in [0.5, 0.6) is 0 Å². The molecule has 1 fully saturated rings. The van der Waals surface area contributed by atoms with Crippen molar-refractivity contribution in [3.05, 3.63) is 71.0 Å². The van der Waals surface area contributed by atoms with Crippen LogP contribution in [0.3, 0.4) is 0 Å². The number of carbonyl (C=O) groups is 2. The molecule has 2 N–H and O–H groups in total. The number of amides is 4. The van der Waals surface area contributed by atoms with Crippen LogP contribution in [0.2, 0.25) is 5.02 Å². The molecule has 0 radical (unpaired) electrons. The SMILES string of the molecule is C=CCNC(=O)Nc1cc(C)ccc1N1CCCN(Cc2cc(F)ccc2Cl)C1=O. The van der Waals surface area contributed by atoms with Gasteiger partial charge in [-0.25, -0.2) is 14.0 Å². The Morgan fingerprint density at radius 3 is 2.83 bits per heavy atom. The van der Waals surface area contributed by atoms with Crippen LogP contribution in [-0.2, 0) is 6.54 Å². The van der Waals surface area contributed by atoms with E-state index < -0.39 is 5.82 Å². The van der Waals surface area contributed by atoms with Crippen LogP contribution in [0, 0.1) is 12.7 Å². The molecule has 1 aliphatic heterocycles. The van der Waals surface area contributed by atoms with Gasteiger partial charge in [-0.1, -0.05) is 23.7 Å². The number of aryl methyl sites for hydroxylation is 1. The molecule has 1 aliphatic rings. The number of hydrogen-bond acceptors (Lipinski definition) is 2. The third-order valence-electron chi connectivity index (χ3n) is 4.78. The van der Waals surface area contributed by atoms with Gasteiger partial charge in [-0.05, 0) is 54.8 Å². The summed E-state index contributed by atoms with van der Waals surface area (Å²) >= 11 is 6.18. The third-order valence-corrected chi connectivity index (χ3v) is 5.15. The zero-order valence-electron chi connectivity index (χ0n) is 16.8. The summed E-state index contributed by atoms with van der Waals surface area (Å²) in [5, 5.41) is 5.88. The van der Waals surface area contributed by atoms with E-state index in [1.54, 1.807) is 15.9 Å². The third kappa shape index (κ3) is 5.10. The van der Waals surface area contributed by atoms with Gasteiger partial charge in [0.15, 0.2) is 0 Å². The monoisotopic (exact) mass is 430 g/mol. The van der Waals surface area contributed by atoms with Crippen molar-refractivity contribution in [2.75, 3.05) is 29.9 Å². The highest BCUT2D eigenvalue weighted by Gasteiger charge is 2.29. The average molecular weight is 431 g/mol. The topological polar surface area (TPSA) is 64.7 Å². The summed E-state index contributed by atoms with van der Waals surface area (Å²) in [5.41, 5.74) is 2.65. The van der Waals surface area contributed by atoms with E-state index in [0.29, 0.717) is 41.6 Å². The van der Waals surface area contributed by atoms with E-state index in [4.69, 9.17) is 11.6 Å².